The number of carbonyl (C=O) groups excluding carboxylic acids is 1. The summed E-state index contributed by atoms with van der Waals surface area (Å²) in [5.74, 6) is 0.773. The van der Waals surface area contributed by atoms with Crippen LogP contribution in [0.4, 0.5) is 0 Å². The molecule has 0 aliphatic heterocycles. The first kappa shape index (κ1) is 17.2. The fourth-order valence-corrected chi connectivity index (χ4v) is 4.63. The zero-order valence-corrected chi connectivity index (χ0v) is 15.0. The van der Waals surface area contributed by atoms with E-state index in [4.69, 9.17) is 4.74 Å². The van der Waals surface area contributed by atoms with Gasteiger partial charge in [0.15, 0.2) is 5.78 Å². The molecule has 0 aromatic heterocycles. The van der Waals surface area contributed by atoms with Crippen LogP contribution in [0.3, 0.4) is 0 Å². The molecule has 130 valence electrons. The number of aliphatic hydroxyl groups is 1. The highest BCUT2D eigenvalue weighted by Gasteiger charge is 2.53. The first-order chi connectivity index (χ1) is 11.4. The normalized spacial score (nSPS) is 29.4. The molecular weight excluding hydrogens is 300 g/mol. The Balaban J connectivity index is 1.96. The molecule has 1 N–H and O–H groups in total. The molecule has 1 aromatic carbocycles. The average molecular weight is 328 g/mol. The second kappa shape index (κ2) is 6.36. The van der Waals surface area contributed by atoms with Gasteiger partial charge in [-0.2, -0.15) is 0 Å². The maximum absolute atomic E-state index is 12.9. The Bertz CT molecular complexity index is 642. The first-order valence-corrected chi connectivity index (χ1v) is 8.96. The molecule has 0 saturated heterocycles. The minimum Gasteiger partial charge on any atom is -0.497 e. The van der Waals surface area contributed by atoms with E-state index in [2.05, 4.69) is 19.9 Å². The van der Waals surface area contributed by atoms with Gasteiger partial charge in [0, 0.05) is 18.8 Å². The molecule has 2 aliphatic rings. The van der Waals surface area contributed by atoms with Crippen molar-refractivity contribution < 1.29 is 14.6 Å². The summed E-state index contributed by atoms with van der Waals surface area (Å²) < 4.78 is 5.20. The van der Waals surface area contributed by atoms with Crippen LogP contribution in [0.1, 0.15) is 51.5 Å². The predicted molar refractivity (Wildman–Crippen MR) is 95.1 cm³/mol. The summed E-state index contributed by atoms with van der Waals surface area (Å²) >= 11 is 0. The van der Waals surface area contributed by atoms with Gasteiger partial charge in [-0.25, -0.2) is 0 Å². The number of Topliss-reactive ketones (excluding diaryl/α,β-unsaturated/α-hetero) is 1. The van der Waals surface area contributed by atoms with E-state index in [1.807, 2.05) is 24.3 Å². The predicted octanol–water partition coefficient (Wildman–Crippen LogP) is 4.08. The van der Waals surface area contributed by atoms with Crippen LogP contribution in [0.2, 0.25) is 0 Å². The van der Waals surface area contributed by atoms with Gasteiger partial charge in [0.05, 0.1) is 7.11 Å². The van der Waals surface area contributed by atoms with Crippen molar-refractivity contribution >= 4 is 5.78 Å². The highest BCUT2D eigenvalue weighted by atomic mass is 16.5. The van der Waals surface area contributed by atoms with Crippen LogP contribution in [-0.2, 0) is 11.2 Å². The van der Waals surface area contributed by atoms with Gasteiger partial charge in [-0.1, -0.05) is 37.6 Å². The second-order valence-electron chi connectivity index (χ2n) is 7.81. The Kier molecular flexibility index (Phi) is 4.56. The van der Waals surface area contributed by atoms with E-state index in [1.54, 1.807) is 7.11 Å². The zero-order chi connectivity index (χ0) is 17.4. The van der Waals surface area contributed by atoms with Crippen molar-refractivity contribution in [1.29, 1.82) is 0 Å². The van der Waals surface area contributed by atoms with Crippen LogP contribution in [0.5, 0.6) is 5.75 Å². The lowest BCUT2D eigenvalue weighted by Crippen LogP contribution is -2.51. The monoisotopic (exact) mass is 328 g/mol. The van der Waals surface area contributed by atoms with Crippen molar-refractivity contribution in [2.24, 2.45) is 11.3 Å². The van der Waals surface area contributed by atoms with Gasteiger partial charge in [-0.15, -0.1) is 0 Å². The molecule has 0 spiro atoms. The number of methoxy groups -OCH3 is 1. The topological polar surface area (TPSA) is 46.5 Å². The molecule has 1 fully saturated rings. The molecule has 2 aliphatic carbocycles. The largest absolute Gasteiger partial charge is 0.497 e. The number of hydrogen-bond donors (Lipinski definition) is 1. The third kappa shape index (κ3) is 2.90. The van der Waals surface area contributed by atoms with E-state index < -0.39 is 5.60 Å². The molecule has 3 rings (SSSR count). The number of rotatable bonds is 3. The van der Waals surface area contributed by atoms with Gasteiger partial charge in [0.2, 0.25) is 0 Å². The van der Waals surface area contributed by atoms with Gasteiger partial charge >= 0.3 is 0 Å². The maximum atomic E-state index is 12.9. The number of ketones is 1. The standard InChI is InChI=1S/C21H28O3/c1-20(2)16-6-4-5-7-19(22)21(23,18(20)13-10-16)14-15-8-11-17(24-3)12-9-15/h6,8-9,11-12,18,23H,4-5,7,10,13-14H2,1-3H3/t18?,21-/m1/s1. The summed E-state index contributed by atoms with van der Waals surface area (Å²) in [5, 5.41) is 11.6. The Labute approximate surface area is 144 Å². The minimum absolute atomic E-state index is 0.00735. The van der Waals surface area contributed by atoms with Gasteiger partial charge in [0.25, 0.3) is 0 Å². The lowest BCUT2D eigenvalue weighted by molar-refractivity contribution is -0.147. The zero-order valence-electron chi connectivity index (χ0n) is 15.0. The Morgan fingerprint density at radius 1 is 1.21 bits per heavy atom. The Morgan fingerprint density at radius 3 is 2.58 bits per heavy atom. The van der Waals surface area contributed by atoms with Crippen LogP contribution < -0.4 is 4.74 Å². The maximum Gasteiger partial charge on any atom is 0.165 e. The van der Waals surface area contributed by atoms with Gasteiger partial charge in [0.1, 0.15) is 11.4 Å². The number of ether oxygens (including phenoxy) is 1. The van der Waals surface area contributed by atoms with Gasteiger partial charge in [-0.05, 0) is 48.8 Å². The number of carbonyl (C=O) groups is 1. The van der Waals surface area contributed by atoms with Crippen molar-refractivity contribution in [1.82, 2.24) is 0 Å². The van der Waals surface area contributed by atoms with Crippen molar-refractivity contribution in [3.05, 3.63) is 41.5 Å². The SMILES string of the molecule is COc1ccc(C[C@]2(O)C(=O)CCCC=C3CCC2C3(C)C)cc1. The van der Waals surface area contributed by atoms with Crippen LogP contribution >= 0.6 is 0 Å². The molecule has 0 amide bonds. The van der Waals surface area contributed by atoms with Crippen LogP contribution in [0.15, 0.2) is 35.9 Å². The number of benzene rings is 1. The summed E-state index contributed by atoms with van der Waals surface area (Å²) in [7, 11) is 1.64. The summed E-state index contributed by atoms with van der Waals surface area (Å²) in [4.78, 5) is 12.9. The van der Waals surface area contributed by atoms with Crippen molar-refractivity contribution in [3.8, 4) is 5.75 Å². The molecular formula is C21H28O3. The molecule has 1 saturated carbocycles. The molecule has 3 heteroatoms. The molecule has 0 heterocycles. The molecule has 1 aromatic rings. The molecule has 24 heavy (non-hydrogen) atoms. The van der Waals surface area contributed by atoms with Crippen LogP contribution in [0, 0.1) is 11.3 Å². The van der Waals surface area contributed by atoms with E-state index in [1.165, 1.54) is 5.57 Å². The van der Waals surface area contributed by atoms with Crippen molar-refractivity contribution in [2.45, 2.75) is 58.0 Å². The number of allylic oxidation sites excluding steroid dienone is 2. The third-order valence-corrected chi connectivity index (χ3v) is 6.09. The summed E-state index contributed by atoms with van der Waals surface area (Å²) in [5.41, 5.74) is 0.994. The fraction of sp³-hybridized carbons (Fsp3) is 0.571. The van der Waals surface area contributed by atoms with Crippen molar-refractivity contribution in [3.63, 3.8) is 0 Å². The molecule has 0 radical (unpaired) electrons. The van der Waals surface area contributed by atoms with Gasteiger partial charge < -0.3 is 9.84 Å². The summed E-state index contributed by atoms with van der Waals surface area (Å²) in [6.07, 6.45) is 6.81. The molecule has 1 unspecified atom stereocenters. The molecule has 2 atom stereocenters. The highest BCUT2D eigenvalue weighted by Crippen LogP contribution is 2.53. The Morgan fingerprint density at radius 2 is 1.92 bits per heavy atom. The molecule has 2 bridgehead atoms. The van der Waals surface area contributed by atoms with E-state index in [0.717, 1.165) is 37.0 Å². The summed E-state index contributed by atoms with van der Waals surface area (Å²) in [6, 6.07) is 7.69. The van der Waals surface area contributed by atoms with Crippen LogP contribution in [0.25, 0.3) is 0 Å². The smallest absolute Gasteiger partial charge is 0.165 e. The van der Waals surface area contributed by atoms with E-state index in [0.29, 0.717) is 12.8 Å². The van der Waals surface area contributed by atoms with E-state index >= 15 is 0 Å². The average Bonchev–Trinajstić information content (AvgIpc) is 2.87. The lowest BCUT2D eigenvalue weighted by Gasteiger charge is -2.40. The van der Waals surface area contributed by atoms with Crippen molar-refractivity contribution in [2.75, 3.05) is 7.11 Å². The quantitative estimate of drug-likeness (QED) is 0.850. The fourth-order valence-electron chi connectivity index (χ4n) is 4.63. The number of hydrogen-bond acceptors (Lipinski definition) is 3. The van der Waals surface area contributed by atoms with Crippen LogP contribution in [-0.4, -0.2) is 23.6 Å². The lowest BCUT2D eigenvalue weighted by atomic mass is 9.66. The Hall–Kier alpha value is -1.61. The van der Waals surface area contributed by atoms with E-state index in [9.17, 15) is 9.90 Å². The summed E-state index contributed by atoms with van der Waals surface area (Å²) in [6.45, 7) is 4.38. The molecule has 3 nitrogen and oxygen atoms in total. The van der Waals surface area contributed by atoms with E-state index in [-0.39, 0.29) is 17.1 Å². The minimum atomic E-state index is -1.28. The first-order valence-electron chi connectivity index (χ1n) is 8.96. The second-order valence-corrected chi connectivity index (χ2v) is 7.81. The highest BCUT2D eigenvalue weighted by molar-refractivity contribution is 5.88. The van der Waals surface area contributed by atoms with Gasteiger partial charge in [-0.3, -0.25) is 4.79 Å². The third-order valence-electron chi connectivity index (χ3n) is 6.09. The number of fused-ring (bicyclic) bond motifs is 2.